The highest BCUT2D eigenvalue weighted by atomic mass is 35.5. The van der Waals surface area contributed by atoms with E-state index < -0.39 is 17.4 Å². The average Bonchev–Trinajstić information content (AvgIpc) is 3.27. The van der Waals surface area contributed by atoms with Gasteiger partial charge in [-0.1, -0.05) is 79.9 Å². The maximum Gasteiger partial charge on any atom is 0.314 e. The van der Waals surface area contributed by atoms with Gasteiger partial charge in [-0.3, -0.25) is 4.79 Å². The van der Waals surface area contributed by atoms with Gasteiger partial charge in [0.15, 0.2) is 6.04 Å². The van der Waals surface area contributed by atoms with Gasteiger partial charge in [0.05, 0.1) is 34.5 Å². The molecule has 35 heavy (non-hydrogen) atoms. The fourth-order valence-electron chi connectivity index (χ4n) is 5.55. The van der Waals surface area contributed by atoms with Crippen LogP contribution >= 0.6 is 23.2 Å². The molecule has 0 radical (unpaired) electrons. The first kappa shape index (κ1) is 27.2. The van der Waals surface area contributed by atoms with Crippen molar-refractivity contribution in [3.63, 3.8) is 0 Å². The Hall–Kier alpha value is -2.39. The first-order valence-corrected chi connectivity index (χ1v) is 13.0. The van der Waals surface area contributed by atoms with E-state index in [2.05, 4.69) is 19.9 Å². The van der Waals surface area contributed by atoms with Gasteiger partial charge in [0.1, 0.15) is 6.54 Å². The summed E-state index contributed by atoms with van der Waals surface area (Å²) >= 11 is 12.3. The van der Waals surface area contributed by atoms with Crippen molar-refractivity contribution in [2.75, 3.05) is 6.54 Å². The molecule has 2 amide bonds. The Labute approximate surface area is 218 Å². The van der Waals surface area contributed by atoms with Gasteiger partial charge >= 0.3 is 5.91 Å². The molecule has 2 N–H and O–H groups in total. The Bertz CT molecular complexity index is 1100. The average molecular weight is 516 g/mol. The predicted octanol–water partition coefficient (Wildman–Crippen LogP) is 6.16. The minimum atomic E-state index is -0.597. The van der Waals surface area contributed by atoms with Crippen LogP contribution in [0.5, 0.6) is 0 Å². The number of nitriles is 1. The Morgan fingerprint density at radius 3 is 2.46 bits per heavy atom. The van der Waals surface area contributed by atoms with E-state index in [1.54, 1.807) is 12.1 Å². The lowest BCUT2D eigenvalue weighted by atomic mass is 9.69. The molecule has 1 saturated heterocycles. The second-order valence-corrected chi connectivity index (χ2v) is 10.7. The summed E-state index contributed by atoms with van der Waals surface area (Å²) in [6.07, 6.45) is 3.75. The highest BCUT2D eigenvalue weighted by molar-refractivity contribution is 6.42. The van der Waals surface area contributed by atoms with E-state index in [1.807, 2.05) is 36.4 Å². The molecule has 0 bridgehead atoms. The molecule has 1 heterocycles. The molecule has 1 fully saturated rings. The van der Waals surface area contributed by atoms with Gasteiger partial charge in [-0.15, -0.1) is 0 Å². The van der Waals surface area contributed by atoms with Gasteiger partial charge in [-0.05, 0) is 36.5 Å². The molecule has 3 atom stereocenters. The van der Waals surface area contributed by atoms with E-state index in [0.29, 0.717) is 48.8 Å². The molecule has 1 aliphatic rings. The number of nitrogens with two attached hydrogens (primary N) is 1. The van der Waals surface area contributed by atoms with Crippen LogP contribution in [0.4, 0.5) is 0 Å². The fourth-order valence-corrected chi connectivity index (χ4v) is 5.87. The third-order valence-electron chi connectivity index (χ3n) is 7.59. The van der Waals surface area contributed by atoms with Crippen LogP contribution in [-0.4, -0.2) is 28.9 Å². The molecule has 7 heteroatoms. The fraction of sp³-hybridized carbons (Fsp3) is 0.464. The Morgan fingerprint density at radius 2 is 1.86 bits per heavy atom. The van der Waals surface area contributed by atoms with Crippen LogP contribution in [0.2, 0.25) is 10.0 Å². The molecule has 2 aromatic rings. The van der Waals surface area contributed by atoms with Gasteiger partial charge in [0.2, 0.25) is 0 Å². The number of hydrogen-bond acceptors (Lipinski definition) is 3. The number of amides is 2. The van der Waals surface area contributed by atoms with E-state index in [-0.39, 0.29) is 16.3 Å². The van der Waals surface area contributed by atoms with Crippen LogP contribution < -0.4 is 5.73 Å². The van der Waals surface area contributed by atoms with Gasteiger partial charge in [-0.25, -0.2) is 9.28 Å². The summed E-state index contributed by atoms with van der Waals surface area (Å²) in [5, 5.41) is 11.0. The number of quaternary nitrogens is 1. The Kier molecular flexibility index (Phi) is 8.99. The van der Waals surface area contributed by atoms with Crippen molar-refractivity contribution >= 4 is 35.0 Å². The topological polar surface area (TPSA) is 83.9 Å². The van der Waals surface area contributed by atoms with E-state index >= 15 is 0 Å². The van der Waals surface area contributed by atoms with Crippen LogP contribution in [0.25, 0.3) is 0 Å². The van der Waals surface area contributed by atoms with Crippen molar-refractivity contribution in [3.05, 3.63) is 69.7 Å². The number of likely N-dealkylation sites (tertiary alicyclic amines) is 1. The molecular weight excluding hydrogens is 481 g/mol. The normalized spacial score (nSPS) is 21.4. The Morgan fingerprint density at radius 1 is 1.14 bits per heavy atom. The maximum absolute atomic E-state index is 13.7. The highest BCUT2D eigenvalue weighted by Crippen LogP contribution is 2.38. The van der Waals surface area contributed by atoms with Crippen LogP contribution in [0.3, 0.4) is 0 Å². The molecule has 0 aromatic heterocycles. The van der Waals surface area contributed by atoms with Crippen molar-refractivity contribution in [1.82, 2.24) is 0 Å². The summed E-state index contributed by atoms with van der Waals surface area (Å²) in [5.41, 5.74) is 7.03. The molecule has 1 aliphatic heterocycles. The zero-order valence-corrected chi connectivity index (χ0v) is 22.0. The van der Waals surface area contributed by atoms with Crippen LogP contribution in [-0.2, 0) is 21.5 Å². The number of carbonyl (C=O) groups is 2. The summed E-state index contributed by atoms with van der Waals surface area (Å²) in [4.78, 5) is 26.0. The number of benzene rings is 2. The number of primary amides is 1. The lowest BCUT2D eigenvalue weighted by Crippen LogP contribution is -2.59. The predicted molar refractivity (Wildman–Crippen MR) is 140 cm³/mol. The standard InChI is InChI=1S/C28H33Cl2N3O2/c1-20(2)28(19-31,22-9-4-3-5-10-22)15-7-6-12-26(34)33(16-8-11-25(33)27(32)35)18-21-13-14-23(29)24(30)17-21/h3-5,9-10,13-14,17,20,25H,6-8,11-12,15-16,18H2,1-2H3,(H-,32,35)/p+1/t25?,28-,33+/m0/s1. The number of nitrogens with zero attached hydrogens (tertiary/aromatic N) is 2. The zero-order chi connectivity index (χ0) is 25.6. The second kappa shape index (κ2) is 11.6. The summed E-state index contributed by atoms with van der Waals surface area (Å²) in [7, 11) is 0. The SMILES string of the molecule is CC(C)[C@@](C#N)(CCCCC(=O)[N@@+]1(Cc2ccc(Cl)c(Cl)c2)CCCC1C(N)=O)c1ccccc1. The third-order valence-corrected chi connectivity index (χ3v) is 8.33. The maximum atomic E-state index is 13.7. The van der Waals surface area contributed by atoms with E-state index in [9.17, 15) is 14.9 Å². The summed E-state index contributed by atoms with van der Waals surface area (Å²) < 4.78 is 0.0273. The van der Waals surface area contributed by atoms with E-state index in [0.717, 1.165) is 24.0 Å². The Balaban J connectivity index is 1.75. The van der Waals surface area contributed by atoms with Crippen LogP contribution in [0.15, 0.2) is 48.5 Å². The third kappa shape index (κ3) is 5.72. The van der Waals surface area contributed by atoms with E-state index in [4.69, 9.17) is 28.9 Å². The van der Waals surface area contributed by atoms with Crippen molar-refractivity contribution in [1.29, 1.82) is 5.26 Å². The monoisotopic (exact) mass is 514 g/mol. The van der Waals surface area contributed by atoms with Crippen molar-refractivity contribution in [2.45, 2.75) is 70.4 Å². The minimum absolute atomic E-state index is 0.0178. The van der Waals surface area contributed by atoms with Crippen LogP contribution in [0, 0.1) is 17.2 Å². The summed E-state index contributed by atoms with van der Waals surface area (Å²) in [5.74, 6) is -0.288. The molecule has 0 spiro atoms. The lowest BCUT2D eigenvalue weighted by molar-refractivity contribution is -0.871. The first-order valence-electron chi connectivity index (χ1n) is 12.3. The number of carbonyl (C=O) groups excluding carboxylic acids is 2. The van der Waals surface area contributed by atoms with Gasteiger partial charge in [0, 0.05) is 18.4 Å². The minimum Gasteiger partial charge on any atom is -0.364 e. The largest absolute Gasteiger partial charge is 0.364 e. The van der Waals surface area contributed by atoms with Gasteiger partial charge in [-0.2, -0.15) is 5.26 Å². The number of rotatable bonds is 10. The smallest absolute Gasteiger partial charge is 0.314 e. The molecule has 0 saturated carbocycles. The number of unbranched alkanes of at least 4 members (excludes halogenated alkanes) is 1. The summed E-state index contributed by atoms with van der Waals surface area (Å²) in [6, 6.07) is 17.2. The molecule has 1 unspecified atom stereocenters. The van der Waals surface area contributed by atoms with Crippen molar-refractivity contribution < 1.29 is 14.1 Å². The van der Waals surface area contributed by atoms with Gasteiger partial charge < -0.3 is 5.73 Å². The second-order valence-electron chi connectivity index (χ2n) is 9.93. The summed E-state index contributed by atoms with van der Waals surface area (Å²) in [6.45, 7) is 5.08. The molecule has 3 rings (SSSR count). The number of halogens is 2. The quantitative estimate of drug-likeness (QED) is 0.304. The zero-order valence-electron chi connectivity index (χ0n) is 20.5. The molecule has 186 valence electrons. The van der Waals surface area contributed by atoms with Gasteiger partial charge in [0.25, 0.3) is 5.91 Å². The molecule has 5 nitrogen and oxygen atoms in total. The molecule has 0 aliphatic carbocycles. The molecule has 2 aromatic carbocycles. The van der Waals surface area contributed by atoms with Crippen LogP contribution in [0.1, 0.15) is 63.5 Å². The molecular formula is C28H34Cl2N3O2+. The van der Waals surface area contributed by atoms with Crippen molar-refractivity contribution in [3.8, 4) is 6.07 Å². The lowest BCUT2D eigenvalue weighted by Gasteiger charge is -2.36. The van der Waals surface area contributed by atoms with E-state index in [1.165, 1.54) is 0 Å². The highest BCUT2D eigenvalue weighted by Gasteiger charge is 2.50. The number of hydrogen-bond donors (Lipinski definition) is 1. The first-order chi connectivity index (χ1) is 16.7. The van der Waals surface area contributed by atoms with Crippen molar-refractivity contribution in [2.24, 2.45) is 11.7 Å².